The topological polar surface area (TPSA) is 195 Å². The van der Waals surface area contributed by atoms with E-state index in [1.54, 1.807) is 41.1 Å². The van der Waals surface area contributed by atoms with Crippen LogP contribution in [0.15, 0.2) is 47.6 Å². The molecule has 65 heavy (non-hydrogen) atoms. The number of rotatable bonds is 6. The fourth-order valence-electron chi connectivity index (χ4n) is 10.1. The third kappa shape index (κ3) is 14.3. The van der Waals surface area contributed by atoms with Crippen molar-refractivity contribution in [3.8, 4) is 0 Å². The van der Waals surface area contributed by atoms with Gasteiger partial charge in [0.05, 0.1) is 24.4 Å². The van der Waals surface area contributed by atoms with Gasteiger partial charge in [0.2, 0.25) is 5.79 Å². The zero-order chi connectivity index (χ0) is 48.2. The monoisotopic (exact) mass is 914 g/mol. The summed E-state index contributed by atoms with van der Waals surface area (Å²) in [5.74, 6) is -7.96. The summed E-state index contributed by atoms with van der Waals surface area (Å²) in [6.07, 6.45) is 11.2. The van der Waals surface area contributed by atoms with E-state index in [9.17, 15) is 39.3 Å². The van der Waals surface area contributed by atoms with Crippen LogP contribution in [0.25, 0.3) is 0 Å². The van der Waals surface area contributed by atoms with E-state index in [0.29, 0.717) is 63.4 Å². The molecule has 0 spiro atoms. The molecule has 1 saturated carbocycles. The van der Waals surface area contributed by atoms with Gasteiger partial charge in [-0.25, -0.2) is 4.79 Å². The molecule has 1 amide bonds. The molecule has 3 aliphatic heterocycles. The van der Waals surface area contributed by atoms with E-state index in [0.717, 1.165) is 12.0 Å². The number of carbonyl (C=O) groups excluding carboxylic acids is 5. The first kappa shape index (κ1) is 54.2. The van der Waals surface area contributed by atoms with Crippen molar-refractivity contribution >= 4 is 29.2 Å². The van der Waals surface area contributed by atoms with Gasteiger partial charge >= 0.3 is 5.97 Å². The Kier molecular flexibility index (Phi) is 21.0. The van der Waals surface area contributed by atoms with Crippen molar-refractivity contribution in [1.82, 2.24) is 4.90 Å². The number of esters is 1. The summed E-state index contributed by atoms with van der Waals surface area (Å²) in [6.45, 7) is 12.7. The highest BCUT2D eigenvalue weighted by molar-refractivity contribution is 6.39. The molecule has 0 aromatic carbocycles. The second-order valence-corrected chi connectivity index (χ2v) is 19.6. The van der Waals surface area contributed by atoms with E-state index >= 15 is 0 Å². The fourth-order valence-corrected chi connectivity index (χ4v) is 10.1. The summed E-state index contributed by atoms with van der Waals surface area (Å²) in [7, 11) is 4.52. The molecule has 4 aliphatic rings. The number of allylic oxidation sites excluding steroid dienone is 6. The van der Waals surface area contributed by atoms with Crippen LogP contribution in [-0.4, -0.2) is 132 Å². The number of methoxy groups -OCH3 is 3. The van der Waals surface area contributed by atoms with Crippen LogP contribution < -0.4 is 0 Å². The Hall–Kier alpha value is -3.37. The van der Waals surface area contributed by atoms with Crippen LogP contribution in [0.2, 0.25) is 0 Å². The van der Waals surface area contributed by atoms with Crippen molar-refractivity contribution in [2.45, 2.75) is 180 Å². The van der Waals surface area contributed by atoms with Gasteiger partial charge in [-0.15, -0.1) is 0 Å². The maximum absolute atomic E-state index is 14.4. The van der Waals surface area contributed by atoms with E-state index in [1.807, 2.05) is 58.1 Å². The maximum Gasteiger partial charge on any atom is 0.329 e. The average Bonchev–Trinajstić information content (AvgIpc) is 3.28. The second kappa shape index (κ2) is 25.1. The summed E-state index contributed by atoms with van der Waals surface area (Å²) in [4.78, 5) is 71.8. The Morgan fingerprint density at radius 1 is 0.846 bits per heavy atom. The van der Waals surface area contributed by atoms with Crippen molar-refractivity contribution in [3.63, 3.8) is 0 Å². The Morgan fingerprint density at radius 3 is 2.25 bits per heavy atom. The summed E-state index contributed by atoms with van der Waals surface area (Å²) in [5, 5.41) is 33.8. The minimum absolute atomic E-state index is 0.0193. The van der Waals surface area contributed by atoms with Gasteiger partial charge in [-0.3, -0.25) is 19.2 Å². The molecule has 3 fully saturated rings. The second-order valence-electron chi connectivity index (χ2n) is 19.6. The number of hydrogen-bond donors (Lipinski definition) is 3. The van der Waals surface area contributed by atoms with E-state index in [4.69, 9.17) is 23.7 Å². The number of aliphatic hydroxyl groups is 3. The van der Waals surface area contributed by atoms with Crippen LogP contribution in [0.4, 0.5) is 0 Å². The zero-order valence-corrected chi connectivity index (χ0v) is 40.6. The van der Waals surface area contributed by atoms with E-state index < -0.39 is 83.9 Å². The van der Waals surface area contributed by atoms with Crippen LogP contribution in [0.1, 0.15) is 126 Å². The number of cyclic esters (lactones) is 1. The van der Waals surface area contributed by atoms with Gasteiger partial charge in [0.25, 0.3) is 11.7 Å². The highest BCUT2D eigenvalue weighted by Gasteiger charge is 2.53. The highest BCUT2D eigenvalue weighted by Crippen LogP contribution is 2.38. The zero-order valence-electron chi connectivity index (χ0n) is 40.6. The molecule has 0 aromatic heterocycles. The fraction of sp³-hybridized carbons (Fsp3) is 0.745. The molecule has 1 aliphatic carbocycles. The molecular formula is C51H79NO13. The number of fused-ring (bicyclic) bond motifs is 3. The van der Waals surface area contributed by atoms with Gasteiger partial charge in [-0.1, -0.05) is 71.1 Å². The lowest BCUT2D eigenvalue weighted by molar-refractivity contribution is -0.265. The number of amides is 1. The lowest BCUT2D eigenvalue weighted by Crippen LogP contribution is -2.61. The number of carbonyl (C=O) groups is 5. The summed E-state index contributed by atoms with van der Waals surface area (Å²) in [5.41, 5.74) is 1.27. The number of hydrogen-bond acceptors (Lipinski definition) is 13. The number of nitrogens with zero attached hydrogens (tertiary/aromatic N) is 1. The third-order valence-corrected chi connectivity index (χ3v) is 14.5. The first-order valence-electron chi connectivity index (χ1n) is 23.9. The standard InChI is InChI=1S/C51H79NO13/c1-30-16-12-11-13-17-31(2)42(61-8)28-38-21-19-36(7)51(60,65-38)48(57)49(58)52-23-15-14-18-39(52)50(59)64-43(33(4)26-37-20-22-40(53)44(27-37)62-9)29-41(54)32(3)25-35(6)46(56)47(63-10)45(55)34(5)24-30/h11-13,16-17,25,30,32-34,36-40,42-44,46-47,53,56,60H,14-15,18-24,26-29H2,1-10H3/b13-11?,16-12+,31-17?,35-25+/t30-,32-,33-,34+,36-,37?,38+,39+,40-,42-,43?,44-,46-,47+,51-/m1/s1. The lowest BCUT2D eigenvalue weighted by Gasteiger charge is -2.42. The Balaban J connectivity index is 1.70. The molecular weight excluding hydrogens is 835 g/mol. The summed E-state index contributed by atoms with van der Waals surface area (Å²) < 4.78 is 29.4. The minimum Gasteiger partial charge on any atom is -0.460 e. The van der Waals surface area contributed by atoms with Gasteiger partial charge in [0.15, 0.2) is 5.78 Å². The Bertz CT molecular complexity index is 1760. The van der Waals surface area contributed by atoms with Crippen molar-refractivity contribution < 1.29 is 63.0 Å². The van der Waals surface area contributed by atoms with Crippen molar-refractivity contribution in [1.29, 1.82) is 0 Å². The van der Waals surface area contributed by atoms with Gasteiger partial charge in [0, 0.05) is 58.5 Å². The SMILES string of the molecule is CO[C@@H]1C[C@@H]2CC[C@@H](C)[C@@](O)(O2)C(=O)C(=O)N2CCCC[C@H]2C(=O)OC([C@H](C)CC2CC[C@@H](O)[C@H](OC)C2)CC(=O)[C@H](C)/C=C(\C)[C@@H](O)[C@@H](OC)C(=O)[C@@H](C)C[C@H](C)/C=C/C=CC=C1C. The number of Topliss-reactive ketones (excluding diaryl/α,β-unsaturated/α-hetero) is 3. The van der Waals surface area contributed by atoms with Crippen LogP contribution in [0, 0.1) is 35.5 Å². The van der Waals surface area contributed by atoms with Gasteiger partial charge in [-0.05, 0) is 107 Å². The highest BCUT2D eigenvalue weighted by atomic mass is 16.6. The van der Waals surface area contributed by atoms with Gasteiger partial charge in [-0.2, -0.15) is 0 Å². The molecule has 4 rings (SSSR count). The van der Waals surface area contributed by atoms with Crippen LogP contribution in [-0.2, 0) is 47.7 Å². The molecule has 3 N–H and O–H groups in total. The number of aliphatic hydroxyl groups excluding tert-OH is 2. The number of ketones is 3. The maximum atomic E-state index is 14.4. The molecule has 2 saturated heterocycles. The summed E-state index contributed by atoms with van der Waals surface area (Å²) in [6, 6.07) is -1.14. The quantitative estimate of drug-likeness (QED) is 0.156. The first-order valence-corrected chi connectivity index (χ1v) is 23.9. The normalized spacial score (nSPS) is 39.1. The molecule has 2 bridgehead atoms. The molecule has 2 unspecified atom stereocenters. The van der Waals surface area contributed by atoms with Crippen LogP contribution in [0.3, 0.4) is 0 Å². The van der Waals surface area contributed by atoms with Crippen molar-refractivity contribution in [3.05, 3.63) is 47.6 Å². The third-order valence-electron chi connectivity index (χ3n) is 14.5. The number of ether oxygens (including phenoxy) is 5. The smallest absolute Gasteiger partial charge is 0.329 e. The predicted molar refractivity (Wildman–Crippen MR) is 245 cm³/mol. The largest absolute Gasteiger partial charge is 0.460 e. The van der Waals surface area contributed by atoms with E-state index in [2.05, 4.69) is 0 Å². The Morgan fingerprint density at radius 2 is 1.57 bits per heavy atom. The van der Waals surface area contributed by atoms with E-state index in [-0.39, 0.29) is 54.8 Å². The predicted octanol–water partition coefficient (Wildman–Crippen LogP) is 6.18. The molecule has 0 aromatic rings. The molecule has 0 radical (unpaired) electrons. The molecule has 14 heteroatoms. The van der Waals surface area contributed by atoms with Crippen molar-refractivity contribution in [2.24, 2.45) is 35.5 Å². The van der Waals surface area contributed by atoms with E-state index in [1.165, 1.54) is 12.0 Å². The van der Waals surface area contributed by atoms with Crippen LogP contribution >= 0.6 is 0 Å². The molecule has 14 nitrogen and oxygen atoms in total. The average molecular weight is 914 g/mol. The van der Waals surface area contributed by atoms with Gasteiger partial charge in [0.1, 0.15) is 30.1 Å². The van der Waals surface area contributed by atoms with Crippen molar-refractivity contribution in [2.75, 3.05) is 27.9 Å². The molecule has 15 atom stereocenters. The lowest BCUT2D eigenvalue weighted by atomic mass is 9.78. The first-order chi connectivity index (χ1) is 30.7. The van der Waals surface area contributed by atoms with Gasteiger partial charge < -0.3 is 43.9 Å². The minimum atomic E-state index is -2.43. The number of piperidine rings is 1. The summed E-state index contributed by atoms with van der Waals surface area (Å²) >= 11 is 0. The Labute approximate surface area is 387 Å². The van der Waals surface area contributed by atoms with Crippen LogP contribution in [0.5, 0.6) is 0 Å². The molecule has 3 heterocycles. The molecule has 366 valence electrons.